The monoisotopic (exact) mass is 561 g/mol. The molecule has 4 rings (SSSR count). The Morgan fingerprint density at radius 1 is 1.23 bits per heavy atom. The van der Waals surface area contributed by atoms with Gasteiger partial charge in [-0.1, -0.05) is 34.3 Å². The number of benzene rings is 2. The van der Waals surface area contributed by atoms with Crippen molar-refractivity contribution in [1.29, 1.82) is 0 Å². The number of ether oxygens (including phenoxy) is 2. The molecular formula is C26H19ClF3N3O6. The number of nitrogens with zero attached hydrogens (tertiary/aromatic N) is 3. The second-order valence-electron chi connectivity index (χ2n) is 8.42. The summed E-state index contributed by atoms with van der Waals surface area (Å²) in [5.41, 5.74) is -2.67. The third-order valence-electron chi connectivity index (χ3n) is 5.73. The molecule has 0 saturated heterocycles. The molecule has 0 fully saturated rings. The predicted molar refractivity (Wildman–Crippen MR) is 135 cm³/mol. The summed E-state index contributed by atoms with van der Waals surface area (Å²) in [5.74, 6) is 1.68. The molecule has 0 bridgehead atoms. The first-order chi connectivity index (χ1) is 18.3. The molecule has 39 heavy (non-hydrogen) atoms. The molecule has 4 aromatic rings. The first kappa shape index (κ1) is 27.5. The number of carbonyl (C=O) groups excluding carboxylic acids is 1. The van der Waals surface area contributed by atoms with E-state index in [4.69, 9.17) is 32.0 Å². The number of aromatic nitrogens is 3. The minimum Gasteiger partial charge on any atom is -0.478 e. The molecule has 0 aliphatic heterocycles. The molecule has 0 spiro atoms. The molecule has 0 saturated carbocycles. The van der Waals surface area contributed by atoms with Crippen LogP contribution >= 0.6 is 11.6 Å². The van der Waals surface area contributed by atoms with Gasteiger partial charge in [-0.25, -0.2) is 14.2 Å². The van der Waals surface area contributed by atoms with E-state index in [1.54, 1.807) is 25.1 Å². The van der Waals surface area contributed by atoms with Crippen molar-refractivity contribution in [1.82, 2.24) is 14.3 Å². The molecule has 2 aromatic carbocycles. The maximum Gasteiger partial charge on any atom is 0.431 e. The predicted octanol–water partition coefficient (Wildman–Crippen LogP) is 4.27. The lowest BCUT2D eigenvalue weighted by atomic mass is 10.0. The number of fused-ring (bicyclic) bond motifs is 1. The van der Waals surface area contributed by atoms with Crippen LogP contribution in [0.2, 0.25) is 5.02 Å². The van der Waals surface area contributed by atoms with E-state index < -0.39 is 35.2 Å². The highest BCUT2D eigenvalue weighted by Gasteiger charge is 2.35. The zero-order chi connectivity index (χ0) is 28.6. The van der Waals surface area contributed by atoms with E-state index in [0.717, 1.165) is 12.6 Å². The Balaban J connectivity index is 1.89. The normalized spacial score (nSPS) is 12.3. The molecule has 0 amide bonds. The van der Waals surface area contributed by atoms with Crippen LogP contribution in [0.5, 0.6) is 5.75 Å². The van der Waals surface area contributed by atoms with Crippen LogP contribution in [0, 0.1) is 19.3 Å². The van der Waals surface area contributed by atoms with Crippen molar-refractivity contribution in [2.75, 3.05) is 6.61 Å². The topological polar surface area (TPSA) is 106 Å². The zero-order valence-electron chi connectivity index (χ0n) is 20.6. The van der Waals surface area contributed by atoms with Gasteiger partial charge in [-0.05, 0) is 38.1 Å². The van der Waals surface area contributed by atoms with Crippen molar-refractivity contribution >= 4 is 28.5 Å². The Hall–Kier alpha value is -4.50. The largest absolute Gasteiger partial charge is 0.478 e. The summed E-state index contributed by atoms with van der Waals surface area (Å²) in [7, 11) is 0.893. The fourth-order valence-electron chi connectivity index (χ4n) is 3.86. The number of carbonyl (C=O) groups is 1. The number of halogens is 4. The molecule has 0 radical (unpaired) electrons. The van der Waals surface area contributed by atoms with Gasteiger partial charge in [0.2, 0.25) is 0 Å². The van der Waals surface area contributed by atoms with Gasteiger partial charge in [0.1, 0.15) is 17.1 Å². The third-order valence-corrected chi connectivity index (χ3v) is 6.11. The van der Waals surface area contributed by atoms with Crippen LogP contribution in [0.3, 0.4) is 0 Å². The van der Waals surface area contributed by atoms with Crippen molar-refractivity contribution in [2.45, 2.75) is 26.1 Å². The molecular weight excluding hydrogens is 543 g/mol. The number of rotatable bonds is 6. The molecule has 2 heterocycles. The van der Waals surface area contributed by atoms with Crippen LogP contribution in [0.15, 0.2) is 50.5 Å². The van der Waals surface area contributed by atoms with E-state index >= 15 is 0 Å². The molecule has 13 heteroatoms. The number of terminal acetylenes is 1. The second-order valence-corrected chi connectivity index (χ2v) is 8.80. The molecule has 9 nitrogen and oxygen atoms in total. The van der Waals surface area contributed by atoms with Crippen LogP contribution in [-0.2, 0) is 22.8 Å². The third kappa shape index (κ3) is 5.13. The summed E-state index contributed by atoms with van der Waals surface area (Å²) < 4.78 is 56.8. The van der Waals surface area contributed by atoms with Gasteiger partial charge in [0.15, 0.2) is 18.3 Å². The highest BCUT2D eigenvalue weighted by atomic mass is 35.5. The smallest absolute Gasteiger partial charge is 0.431 e. The Morgan fingerprint density at radius 3 is 2.62 bits per heavy atom. The maximum absolute atomic E-state index is 13.3. The summed E-state index contributed by atoms with van der Waals surface area (Å²) in [6.45, 7) is 3.02. The van der Waals surface area contributed by atoms with Gasteiger partial charge >= 0.3 is 17.8 Å². The highest BCUT2D eigenvalue weighted by Crippen LogP contribution is 2.40. The fraction of sp³-hybridized carbons (Fsp3) is 0.231. The second kappa shape index (κ2) is 10.3. The molecule has 1 atom stereocenters. The quantitative estimate of drug-likeness (QED) is 0.256. The molecule has 0 aliphatic rings. The van der Waals surface area contributed by atoms with Gasteiger partial charge in [-0.3, -0.25) is 9.36 Å². The molecule has 0 aliphatic carbocycles. The van der Waals surface area contributed by atoms with Crippen molar-refractivity contribution in [2.24, 2.45) is 7.05 Å². The summed E-state index contributed by atoms with van der Waals surface area (Å²) in [5, 5.41) is 4.04. The lowest BCUT2D eigenvalue weighted by molar-refractivity contribution is -0.149. The average Bonchev–Trinajstić information content (AvgIpc) is 3.31. The Bertz CT molecular complexity index is 1760. The fourth-order valence-corrected chi connectivity index (χ4v) is 4.19. The van der Waals surface area contributed by atoms with E-state index in [-0.39, 0.29) is 39.7 Å². The molecule has 0 N–H and O–H groups in total. The number of aryl methyl sites for hydroxylation is 1. The SMILES string of the molecule is C#CCOC(=O)C(C)Oc1ccc(C)cc1-c1noc2ccc(-n3c(=O)cc(C(F)(F)F)n(C)c3=O)c(Cl)c12. The number of hydrogen-bond donors (Lipinski definition) is 0. The first-order valence-corrected chi connectivity index (χ1v) is 11.6. The van der Waals surface area contributed by atoms with Crippen LogP contribution in [0.1, 0.15) is 18.2 Å². The Morgan fingerprint density at radius 2 is 1.95 bits per heavy atom. The first-order valence-electron chi connectivity index (χ1n) is 11.2. The lowest BCUT2D eigenvalue weighted by Gasteiger charge is -2.16. The standard InChI is InChI=1S/C26H19ClF3N3O6/c1-5-10-37-24(35)14(3)38-17-8-6-13(2)11-15(17)23-21-18(39-31-23)9-7-16(22(21)27)33-20(34)12-19(26(28,29)30)32(4)25(33)36/h1,6-9,11-12,14H,10H2,2-4H3. The van der Waals surface area contributed by atoms with Gasteiger partial charge < -0.3 is 14.0 Å². The van der Waals surface area contributed by atoms with Crippen LogP contribution in [0.4, 0.5) is 13.2 Å². The van der Waals surface area contributed by atoms with E-state index in [9.17, 15) is 27.6 Å². The maximum atomic E-state index is 13.3. The van der Waals surface area contributed by atoms with Gasteiger partial charge in [0.05, 0.1) is 16.1 Å². The number of alkyl halides is 3. The van der Waals surface area contributed by atoms with E-state index in [1.165, 1.54) is 19.1 Å². The zero-order valence-corrected chi connectivity index (χ0v) is 21.4. The lowest BCUT2D eigenvalue weighted by Crippen LogP contribution is -2.40. The van der Waals surface area contributed by atoms with Crippen LogP contribution in [-0.4, -0.2) is 33.0 Å². The van der Waals surface area contributed by atoms with Gasteiger partial charge in [-0.15, -0.1) is 6.42 Å². The summed E-state index contributed by atoms with van der Waals surface area (Å²) in [6.07, 6.45) is -0.863. The Labute approximate surface area is 223 Å². The van der Waals surface area contributed by atoms with Gasteiger partial charge in [0.25, 0.3) is 5.56 Å². The Kier molecular flexibility index (Phi) is 7.30. The van der Waals surface area contributed by atoms with Crippen LogP contribution < -0.4 is 16.0 Å². The molecule has 1 unspecified atom stereocenters. The summed E-state index contributed by atoms with van der Waals surface area (Å²) >= 11 is 6.64. The average molecular weight is 562 g/mol. The van der Waals surface area contributed by atoms with Crippen molar-refractivity contribution in [3.63, 3.8) is 0 Å². The van der Waals surface area contributed by atoms with E-state index in [0.29, 0.717) is 20.8 Å². The van der Waals surface area contributed by atoms with Crippen LogP contribution in [0.25, 0.3) is 27.9 Å². The van der Waals surface area contributed by atoms with Gasteiger partial charge in [0, 0.05) is 18.7 Å². The summed E-state index contributed by atoms with van der Waals surface area (Å²) in [4.78, 5) is 37.7. The molecule has 2 aromatic heterocycles. The van der Waals surface area contributed by atoms with E-state index in [2.05, 4.69) is 11.1 Å². The van der Waals surface area contributed by atoms with Crippen molar-refractivity contribution in [3.05, 3.63) is 73.5 Å². The van der Waals surface area contributed by atoms with Gasteiger partial charge in [-0.2, -0.15) is 13.2 Å². The molecule has 202 valence electrons. The van der Waals surface area contributed by atoms with E-state index in [1.807, 2.05) is 0 Å². The minimum absolute atomic E-state index is 0.136. The van der Waals surface area contributed by atoms with Crippen molar-refractivity contribution in [3.8, 4) is 35.0 Å². The summed E-state index contributed by atoms with van der Waals surface area (Å²) in [6, 6.07) is 7.92. The minimum atomic E-state index is -4.92. The number of esters is 1. The highest BCUT2D eigenvalue weighted by molar-refractivity contribution is 6.38. The van der Waals surface area contributed by atoms with Crippen molar-refractivity contribution < 1.29 is 32.0 Å². The number of hydrogen-bond acceptors (Lipinski definition) is 7.